The van der Waals surface area contributed by atoms with Crippen LogP contribution in [0.15, 0.2) is 85.1 Å². The fourth-order valence-electron chi connectivity index (χ4n) is 6.01. The monoisotopic (exact) mass is 721 g/mol. The Balaban J connectivity index is 1.66. The van der Waals surface area contributed by atoms with E-state index in [4.69, 9.17) is 16.9 Å². The van der Waals surface area contributed by atoms with Gasteiger partial charge < -0.3 is 37.6 Å². The van der Waals surface area contributed by atoms with E-state index >= 15 is 0 Å². The van der Waals surface area contributed by atoms with Crippen molar-refractivity contribution < 1.29 is 24.0 Å². The van der Waals surface area contributed by atoms with Gasteiger partial charge in [-0.2, -0.15) is 0 Å². The Morgan fingerprint density at radius 1 is 0.962 bits per heavy atom. The lowest BCUT2D eigenvalue weighted by Gasteiger charge is -2.37. The van der Waals surface area contributed by atoms with Crippen LogP contribution in [-0.4, -0.2) is 71.2 Å². The van der Waals surface area contributed by atoms with Gasteiger partial charge in [0.25, 0.3) is 5.91 Å². The average molecular weight is 722 g/mol. The van der Waals surface area contributed by atoms with Gasteiger partial charge in [-0.3, -0.25) is 24.6 Å². The zero-order chi connectivity index (χ0) is 38.2. The van der Waals surface area contributed by atoms with Crippen molar-refractivity contribution in [1.29, 1.82) is 5.41 Å². The molecule has 278 valence electrons. The molecule has 1 aliphatic carbocycles. The van der Waals surface area contributed by atoms with E-state index in [1.165, 1.54) is 19.2 Å². The standard InChI is InChI=1S/C39H47N9O5/c1-26(40)36(51)45-32(18-11-23-43-39(41)42)37(52)47-35(31(25-49)28-14-7-3-8-15-28)38(53)48(29-16-9-4-10-17-29)30-20-21-33(44-24-30)46-34(50)22-19-27-12-5-2-6-13-27/h2-3,5-8,12-15,19-22,24,26,29,32,35H,4,9-11,16-18,23,40H2,1H3,(H,45,51)(H,47,52)(H4,41,42,43)(H,44,46,50)/t26-,32-,35-/m0/s1. The minimum atomic E-state index is -1.50. The van der Waals surface area contributed by atoms with E-state index in [1.54, 1.807) is 53.4 Å². The number of nitrogens with two attached hydrogens (primary N) is 2. The number of nitrogens with one attached hydrogen (secondary N) is 5. The summed E-state index contributed by atoms with van der Waals surface area (Å²) in [4.78, 5) is 72.9. The van der Waals surface area contributed by atoms with Gasteiger partial charge in [-0.15, -0.1) is 0 Å². The number of amides is 4. The van der Waals surface area contributed by atoms with Crippen molar-refractivity contribution >= 4 is 58.7 Å². The number of anilines is 2. The third-order valence-electron chi connectivity index (χ3n) is 8.73. The van der Waals surface area contributed by atoms with Gasteiger partial charge in [0.05, 0.1) is 23.5 Å². The molecule has 1 heterocycles. The van der Waals surface area contributed by atoms with Crippen LogP contribution >= 0.6 is 0 Å². The first-order valence-corrected chi connectivity index (χ1v) is 17.6. The number of pyridine rings is 1. The quantitative estimate of drug-likeness (QED) is 0.0379. The van der Waals surface area contributed by atoms with Crippen molar-refractivity contribution in [2.24, 2.45) is 11.5 Å². The minimum Gasteiger partial charge on any atom is -0.370 e. The first kappa shape index (κ1) is 39.7. The molecule has 0 bridgehead atoms. The maximum atomic E-state index is 14.9. The van der Waals surface area contributed by atoms with Gasteiger partial charge in [-0.05, 0) is 61.9 Å². The first-order chi connectivity index (χ1) is 25.6. The molecule has 0 unspecified atom stereocenters. The summed E-state index contributed by atoms with van der Waals surface area (Å²) in [6.07, 6.45) is 9.09. The summed E-state index contributed by atoms with van der Waals surface area (Å²) < 4.78 is 0. The van der Waals surface area contributed by atoms with Crippen LogP contribution in [0.3, 0.4) is 0 Å². The Morgan fingerprint density at radius 3 is 2.25 bits per heavy atom. The molecule has 1 aliphatic rings. The second-order valence-corrected chi connectivity index (χ2v) is 12.8. The van der Waals surface area contributed by atoms with Crippen molar-refractivity contribution in [2.45, 2.75) is 76.0 Å². The van der Waals surface area contributed by atoms with E-state index in [1.807, 2.05) is 36.3 Å². The van der Waals surface area contributed by atoms with Crippen molar-refractivity contribution in [3.8, 4) is 0 Å². The number of guanidine groups is 1. The smallest absolute Gasteiger partial charge is 0.255 e. The average Bonchev–Trinajstić information content (AvgIpc) is 3.16. The third-order valence-corrected chi connectivity index (χ3v) is 8.73. The molecule has 1 fully saturated rings. The summed E-state index contributed by atoms with van der Waals surface area (Å²) >= 11 is 0. The highest BCUT2D eigenvalue weighted by Gasteiger charge is 2.37. The fourth-order valence-corrected chi connectivity index (χ4v) is 6.01. The number of benzene rings is 2. The van der Waals surface area contributed by atoms with E-state index in [-0.39, 0.29) is 42.3 Å². The molecular formula is C39H47N9O5. The van der Waals surface area contributed by atoms with Crippen LogP contribution < -0.4 is 37.6 Å². The van der Waals surface area contributed by atoms with E-state index in [0.717, 1.165) is 24.8 Å². The highest BCUT2D eigenvalue weighted by Crippen LogP contribution is 2.30. The number of nitrogens with zero attached hydrogens (tertiary/aromatic N) is 2. The van der Waals surface area contributed by atoms with Crippen LogP contribution in [-0.2, 0) is 24.0 Å². The van der Waals surface area contributed by atoms with Crippen LogP contribution in [0.5, 0.6) is 0 Å². The second-order valence-electron chi connectivity index (χ2n) is 12.8. The highest BCUT2D eigenvalue weighted by atomic mass is 16.2. The lowest BCUT2D eigenvalue weighted by molar-refractivity contribution is -0.131. The molecule has 0 radical (unpaired) electrons. The Kier molecular flexibility index (Phi) is 15.0. The van der Waals surface area contributed by atoms with Crippen LogP contribution in [0.2, 0.25) is 0 Å². The van der Waals surface area contributed by atoms with Crippen molar-refractivity contribution in [3.05, 3.63) is 96.2 Å². The maximum absolute atomic E-state index is 14.9. The maximum Gasteiger partial charge on any atom is 0.255 e. The highest BCUT2D eigenvalue weighted by molar-refractivity contribution is 6.12. The summed E-state index contributed by atoms with van der Waals surface area (Å²) in [5.74, 6) is -0.342. The van der Waals surface area contributed by atoms with E-state index in [9.17, 15) is 24.0 Å². The molecule has 0 spiro atoms. The minimum absolute atomic E-state index is 0.0951. The zero-order valence-electron chi connectivity index (χ0n) is 29.7. The molecule has 3 atom stereocenters. The Hall–Kier alpha value is -6.11. The zero-order valence-corrected chi connectivity index (χ0v) is 29.7. The van der Waals surface area contributed by atoms with Gasteiger partial charge in [0.1, 0.15) is 23.8 Å². The number of carbonyl (C=O) groups is 4. The van der Waals surface area contributed by atoms with Crippen LogP contribution in [0, 0.1) is 5.41 Å². The summed E-state index contributed by atoms with van der Waals surface area (Å²) in [5, 5.41) is 18.2. The molecule has 53 heavy (non-hydrogen) atoms. The second kappa shape index (κ2) is 20.1. The van der Waals surface area contributed by atoms with Crippen LogP contribution in [0.4, 0.5) is 11.5 Å². The molecule has 0 saturated heterocycles. The van der Waals surface area contributed by atoms with Crippen LogP contribution in [0.1, 0.15) is 63.0 Å². The lowest BCUT2D eigenvalue weighted by Crippen LogP contribution is -2.57. The number of hydrogen-bond acceptors (Lipinski definition) is 8. The molecule has 14 heteroatoms. The normalized spacial score (nSPS) is 14.5. The van der Waals surface area contributed by atoms with Gasteiger partial charge in [-0.25, -0.2) is 9.78 Å². The number of aromatic nitrogens is 1. The van der Waals surface area contributed by atoms with Crippen molar-refractivity contribution in [3.63, 3.8) is 0 Å². The Labute approximate surface area is 309 Å². The third kappa shape index (κ3) is 12.0. The first-order valence-electron chi connectivity index (χ1n) is 17.6. The molecular weight excluding hydrogens is 674 g/mol. The number of rotatable bonds is 16. The molecule has 14 nitrogen and oxygen atoms in total. The van der Waals surface area contributed by atoms with Gasteiger partial charge >= 0.3 is 0 Å². The molecule has 0 aliphatic heterocycles. The molecule has 1 saturated carbocycles. The van der Waals surface area contributed by atoms with Crippen molar-refractivity contribution in [2.75, 3.05) is 16.8 Å². The molecule has 4 amide bonds. The Morgan fingerprint density at radius 2 is 1.64 bits per heavy atom. The molecule has 2 aromatic carbocycles. The molecule has 4 rings (SSSR count). The topological polar surface area (TPSA) is 225 Å². The van der Waals surface area contributed by atoms with E-state index in [2.05, 4.69) is 26.3 Å². The summed E-state index contributed by atoms with van der Waals surface area (Å²) in [6.45, 7) is 1.73. The van der Waals surface area contributed by atoms with Gasteiger partial charge in [0.2, 0.25) is 17.7 Å². The summed E-state index contributed by atoms with van der Waals surface area (Å²) in [7, 11) is 0. The van der Waals surface area contributed by atoms with Gasteiger partial charge in [0.15, 0.2) is 5.96 Å². The van der Waals surface area contributed by atoms with Gasteiger partial charge in [-0.1, -0.05) is 79.9 Å². The predicted molar refractivity (Wildman–Crippen MR) is 205 cm³/mol. The van der Waals surface area contributed by atoms with E-state index in [0.29, 0.717) is 30.5 Å². The largest absolute Gasteiger partial charge is 0.370 e. The molecule has 1 aromatic heterocycles. The number of carbonyl (C=O) groups excluding carboxylic acids is 5. The summed E-state index contributed by atoms with van der Waals surface area (Å²) in [6, 6.07) is 17.2. The SMILES string of the molecule is C[C@H](N)C(=O)N[C@@H](CCCNC(=N)N)C(=O)N[C@H](C(=O)N(c1ccc(NC(=O)C=Cc2ccccc2)nc1)C1CCCCC1)C(=C=O)c1ccccc1. The number of hydrogen-bond donors (Lipinski definition) is 7. The molecule has 9 N–H and O–H groups in total. The van der Waals surface area contributed by atoms with Gasteiger partial charge in [0, 0.05) is 18.7 Å². The predicted octanol–water partition coefficient (Wildman–Crippen LogP) is 2.89. The summed E-state index contributed by atoms with van der Waals surface area (Å²) in [5.41, 5.74) is 12.7. The Bertz CT molecular complexity index is 1790. The fraction of sp³-hybridized carbons (Fsp3) is 0.333. The van der Waals surface area contributed by atoms with E-state index < -0.39 is 35.8 Å². The van der Waals surface area contributed by atoms with Crippen LogP contribution in [0.25, 0.3) is 11.6 Å². The van der Waals surface area contributed by atoms with Crippen molar-refractivity contribution in [1.82, 2.24) is 20.9 Å². The lowest BCUT2D eigenvalue weighted by atomic mass is 9.91. The molecule has 3 aromatic rings.